The highest BCUT2D eigenvalue weighted by Crippen LogP contribution is 2.33. The first-order valence-electron chi connectivity index (χ1n) is 5.58. The molecule has 0 atom stereocenters. The van der Waals surface area contributed by atoms with Crippen LogP contribution in [0.15, 0.2) is 30.3 Å². The van der Waals surface area contributed by atoms with E-state index in [1.165, 1.54) is 11.3 Å². The van der Waals surface area contributed by atoms with Crippen molar-refractivity contribution in [2.24, 2.45) is 5.92 Å². The van der Waals surface area contributed by atoms with Crippen LogP contribution in [0.5, 0.6) is 0 Å². The molecular formula is C14H12Cl2OS. The van der Waals surface area contributed by atoms with E-state index in [4.69, 9.17) is 23.2 Å². The topological polar surface area (TPSA) is 17.1 Å². The van der Waals surface area contributed by atoms with Gasteiger partial charge in [0, 0.05) is 20.8 Å². The third kappa shape index (κ3) is 2.94. The van der Waals surface area contributed by atoms with Crippen molar-refractivity contribution in [3.05, 3.63) is 45.3 Å². The molecule has 0 spiro atoms. The zero-order valence-electron chi connectivity index (χ0n) is 10.0. The van der Waals surface area contributed by atoms with Crippen molar-refractivity contribution in [2.45, 2.75) is 13.8 Å². The van der Waals surface area contributed by atoms with Crippen molar-refractivity contribution in [2.75, 3.05) is 0 Å². The molecule has 0 amide bonds. The SMILES string of the molecule is CC(C)C(=O)c1ccc(-c2cc(Cl)cc(Cl)c2)s1. The minimum atomic E-state index is 0.0134. The highest BCUT2D eigenvalue weighted by Gasteiger charge is 2.14. The average molecular weight is 299 g/mol. The summed E-state index contributed by atoms with van der Waals surface area (Å²) in [6.07, 6.45) is 0. The van der Waals surface area contributed by atoms with Crippen LogP contribution in [-0.4, -0.2) is 5.78 Å². The van der Waals surface area contributed by atoms with Crippen LogP contribution < -0.4 is 0 Å². The molecule has 0 radical (unpaired) electrons. The molecule has 0 N–H and O–H groups in total. The number of hydrogen-bond acceptors (Lipinski definition) is 2. The molecule has 2 aromatic rings. The molecule has 4 heteroatoms. The summed E-state index contributed by atoms with van der Waals surface area (Å²) in [6, 6.07) is 9.19. The fraction of sp³-hybridized carbons (Fsp3) is 0.214. The van der Waals surface area contributed by atoms with E-state index in [1.54, 1.807) is 6.07 Å². The number of thiophene rings is 1. The summed E-state index contributed by atoms with van der Waals surface area (Å²) in [5, 5.41) is 1.20. The van der Waals surface area contributed by atoms with Gasteiger partial charge in [-0.05, 0) is 35.9 Å². The summed E-state index contributed by atoms with van der Waals surface area (Å²) >= 11 is 13.4. The highest BCUT2D eigenvalue weighted by atomic mass is 35.5. The van der Waals surface area contributed by atoms with Gasteiger partial charge in [-0.3, -0.25) is 4.79 Å². The number of Topliss-reactive ketones (excluding diaryl/α,β-unsaturated/α-hetero) is 1. The Labute approximate surface area is 120 Å². The molecule has 0 aliphatic heterocycles. The summed E-state index contributed by atoms with van der Waals surface area (Å²) < 4.78 is 0. The van der Waals surface area contributed by atoms with Crippen LogP contribution in [-0.2, 0) is 0 Å². The van der Waals surface area contributed by atoms with Gasteiger partial charge in [-0.1, -0.05) is 37.0 Å². The van der Waals surface area contributed by atoms with Crippen molar-refractivity contribution >= 4 is 40.3 Å². The van der Waals surface area contributed by atoms with Gasteiger partial charge in [0.1, 0.15) is 0 Å². The van der Waals surface area contributed by atoms with Gasteiger partial charge < -0.3 is 0 Å². The maximum absolute atomic E-state index is 11.9. The van der Waals surface area contributed by atoms with E-state index >= 15 is 0 Å². The monoisotopic (exact) mass is 298 g/mol. The summed E-state index contributed by atoms with van der Waals surface area (Å²) in [4.78, 5) is 13.7. The normalized spacial score (nSPS) is 10.9. The first-order valence-corrected chi connectivity index (χ1v) is 7.15. The van der Waals surface area contributed by atoms with E-state index in [0.29, 0.717) is 10.0 Å². The summed E-state index contributed by atoms with van der Waals surface area (Å²) in [5.41, 5.74) is 0.945. The molecule has 1 aromatic carbocycles. The number of carbonyl (C=O) groups is 1. The second kappa shape index (κ2) is 5.43. The Kier molecular flexibility index (Phi) is 4.10. The van der Waals surface area contributed by atoms with Gasteiger partial charge in [0.25, 0.3) is 0 Å². The second-order valence-electron chi connectivity index (χ2n) is 4.34. The number of ketones is 1. The van der Waals surface area contributed by atoms with Crippen LogP contribution in [0.3, 0.4) is 0 Å². The van der Waals surface area contributed by atoms with Crippen LogP contribution in [0.1, 0.15) is 23.5 Å². The molecule has 0 fully saturated rings. The summed E-state index contributed by atoms with van der Waals surface area (Å²) in [6.45, 7) is 3.80. The molecule has 1 nitrogen and oxygen atoms in total. The molecule has 2 rings (SSSR count). The molecule has 94 valence electrons. The molecule has 0 aliphatic rings. The molecule has 0 aliphatic carbocycles. The third-order valence-electron chi connectivity index (χ3n) is 2.52. The van der Waals surface area contributed by atoms with Crippen molar-refractivity contribution in [1.29, 1.82) is 0 Å². The number of rotatable bonds is 3. The lowest BCUT2D eigenvalue weighted by Gasteiger charge is -2.01. The Morgan fingerprint density at radius 1 is 1.11 bits per heavy atom. The molecule has 1 aromatic heterocycles. The van der Waals surface area contributed by atoms with Crippen molar-refractivity contribution in [3.63, 3.8) is 0 Å². The number of carbonyl (C=O) groups excluding carboxylic acids is 1. The maximum Gasteiger partial charge on any atom is 0.175 e. The van der Waals surface area contributed by atoms with Crippen LogP contribution in [0, 0.1) is 5.92 Å². The Hall–Kier alpha value is -0.830. The summed E-state index contributed by atoms with van der Waals surface area (Å²) in [5.74, 6) is 0.179. The Bertz CT molecular complexity index is 567. The zero-order valence-corrected chi connectivity index (χ0v) is 12.4. The number of benzene rings is 1. The third-order valence-corrected chi connectivity index (χ3v) is 4.11. The Morgan fingerprint density at radius 3 is 2.28 bits per heavy atom. The lowest BCUT2D eigenvalue weighted by molar-refractivity contribution is 0.0943. The van der Waals surface area contributed by atoms with Gasteiger partial charge in [0.15, 0.2) is 5.78 Å². The number of hydrogen-bond donors (Lipinski definition) is 0. The van der Waals surface area contributed by atoms with Gasteiger partial charge in [-0.2, -0.15) is 0 Å². The van der Waals surface area contributed by atoms with Gasteiger partial charge in [0.2, 0.25) is 0 Å². The lowest BCUT2D eigenvalue weighted by atomic mass is 10.1. The second-order valence-corrected chi connectivity index (χ2v) is 6.30. The molecule has 0 unspecified atom stereocenters. The molecule has 0 saturated carbocycles. The van der Waals surface area contributed by atoms with Gasteiger partial charge >= 0.3 is 0 Å². The molecule has 0 saturated heterocycles. The average Bonchev–Trinajstić information content (AvgIpc) is 2.75. The van der Waals surface area contributed by atoms with Gasteiger partial charge in [-0.15, -0.1) is 11.3 Å². The van der Waals surface area contributed by atoms with Gasteiger partial charge in [0.05, 0.1) is 4.88 Å². The van der Waals surface area contributed by atoms with E-state index < -0.39 is 0 Å². The first-order chi connectivity index (χ1) is 8.47. The fourth-order valence-corrected chi connectivity index (χ4v) is 3.21. The van der Waals surface area contributed by atoms with Crippen molar-refractivity contribution in [3.8, 4) is 10.4 Å². The first kappa shape index (κ1) is 13.6. The minimum absolute atomic E-state index is 0.0134. The smallest absolute Gasteiger partial charge is 0.175 e. The van der Waals surface area contributed by atoms with Crippen LogP contribution in [0.2, 0.25) is 10.0 Å². The minimum Gasteiger partial charge on any atom is -0.293 e. The van der Waals surface area contributed by atoms with Crippen molar-refractivity contribution in [1.82, 2.24) is 0 Å². The largest absolute Gasteiger partial charge is 0.293 e. The lowest BCUT2D eigenvalue weighted by Crippen LogP contribution is -2.04. The molecule has 18 heavy (non-hydrogen) atoms. The van der Waals surface area contributed by atoms with Crippen LogP contribution >= 0.6 is 34.5 Å². The summed E-state index contributed by atoms with van der Waals surface area (Å²) in [7, 11) is 0. The van der Waals surface area contributed by atoms with E-state index in [9.17, 15) is 4.79 Å². The predicted molar refractivity (Wildman–Crippen MR) is 78.9 cm³/mol. The van der Waals surface area contributed by atoms with Gasteiger partial charge in [-0.25, -0.2) is 0 Å². The van der Waals surface area contributed by atoms with E-state index in [2.05, 4.69) is 0 Å². The molecular weight excluding hydrogens is 287 g/mol. The van der Waals surface area contributed by atoms with Crippen LogP contribution in [0.25, 0.3) is 10.4 Å². The van der Waals surface area contributed by atoms with E-state index in [1.807, 2.05) is 38.1 Å². The quantitative estimate of drug-likeness (QED) is 0.678. The fourth-order valence-electron chi connectivity index (χ4n) is 1.61. The highest BCUT2D eigenvalue weighted by molar-refractivity contribution is 7.17. The van der Waals surface area contributed by atoms with E-state index in [-0.39, 0.29) is 11.7 Å². The standard InChI is InChI=1S/C14H12Cl2OS/c1-8(2)14(17)13-4-3-12(18-13)9-5-10(15)7-11(16)6-9/h3-8H,1-2H3. The molecule has 1 heterocycles. The van der Waals surface area contributed by atoms with Crippen LogP contribution in [0.4, 0.5) is 0 Å². The molecule has 0 bridgehead atoms. The zero-order chi connectivity index (χ0) is 13.3. The number of halogens is 2. The predicted octanol–water partition coefficient (Wildman–Crippen LogP) is 5.56. The van der Waals surface area contributed by atoms with Crippen molar-refractivity contribution < 1.29 is 4.79 Å². The van der Waals surface area contributed by atoms with E-state index in [0.717, 1.165) is 15.3 Å². The maximum atomic E-state index is 11.9. The Morgan fingerprint density at radius 2 is 1.72 bits per heavy atom. The Balaban J connectivity index is 2.38.